The van der Waals surface area contributed by atoms with Gasteiger partial charge in [0.2, 0.25) is 0 Å². The Labute approximate surface area is 158 Å². The van der Waals surface area contributed by atoms with Crippen LogP contribution >= 0.6 is 0 Å². The molecule has 2 rings (SSSR count). The first kappa shape index (κ1) is 20.9. The quantitative estimate of drug-likeness (QED) is 0.681. The molecule has 27 heavy (non-hydrogen) atoms. The molecule has 0 aliphatic carbocycles. The van der Waals surface area contributed by atoms with Gasteiger partial charge in [0.25, 0.3) is 5.91 Å². The molecule has 0 radical (unpaired) electrons. The highest BCUT2D eigenvalue weighted by molar-refractivity contribution is 5.84. The topological polar surface area (TPSA) is 72.9 Å². The first-order valence-corrected chi connectivity index (χ1v) is 9.30. The van der Waals surface area contributed by atoms with Crippen molar-refractivity contribution in [3.63, 3.8) is 0 Å². The number of likely N-dealkylation sites (tertiary alicyclic amines) is 1. The molecular weight excluding hydrogens is 353 g/mol. The molecule has 0 spiro atoms. The van der Waals surface area contributed by atoms with Gasteiger partial charge in [-0.1, -0.05) is 12.1 Å². The van der Waals surface area contributed by atoms with Crippen LogP contribution in [0.15, 0.2) is 24.3 Å². The van der Waals surface area contributed by atoms with E-state index >= 15 is 0 Å². The van der Waals surface area contributed by atoms with Gasteiger partial charge in [-0.15, -0.1) is 0 Å². The summed E-state index contributed by atoms with van der Waals surface area (Å²) >= 11 is 0. The molecule has 6 nitrogen and oxygen atoms in total. The highest BCUT2D eigenvalue weighted by Crippen LogP contribution is 2.20. The molecule has 1 atom stereocenters. The number of carbonyl (C=O) groups is 3. The SMILES string of the molecule is CCOC(=O)C1CCN(C(=O)C(C)OC(=O)CCc2ccc(F)cc2)CC1. The van der Waals surface area contributed by atoms with Crippen molar-refractivity contribution in [3.8, 4) is 0 Å². The number of esters is 2. The van der Waals surface area contributed by atoms with Crippen LogP contribution in [0.4, 0.5) is 4.39 Å². The molecule has 0 bridgehead atoms. The first-order chi connectivity index (χ1) is 12.9. The minimum Gasteiger partial charge on any atom is -0.466 e. The van der Waals surface area contributed by atoms with Gasteiger partial charge in [-0.2, -0.15) is 0 Å². The molecular formula is C20H26FNO5. The minimum absolute atomic E-state index is 0.119. The van der Waals surface area contributed by atoms with Crippen molar-refractivity contribution >= 4 is 17.8 Å². The van der Waals surface area contributed by atoms with E-state index in [2.05, 4.69) is 0 Å². The molecule has 1 saturated heterocycles. The summed E-state index contributed by atoms with van der Waals surface area (Å²) < 4.78 is 23.1. The third-order valence-electron chi connectivity index (χ3n) is 4.61. The van der Waals surface area contributed by atoms with E-state index in [4.69, 9.17) is 9.47 Å². The third-order valence-corrected chi connectivity index (χ3v) is 4.61. The predicted molar refractivity (Wildman–Crippen MR) is 96.2 cm³/mol. The lowest BCUT2D eigenvalue weighted by molar-refractivity contribution is -0.160. The molecule has 0 N–H and O–H groups in total. The van der Waals surface area contributed by atoms with Crippen LogP contribution in [0.1, 0.15) is 38.7 Å². The van der Waals surface area contributed by atoms with Crippen LogP contribution in [0.2, 0.25) is 0 Å². The smallest absolute Gasteiger partial charge is 0.309 e. The Balaban J connectivity index is 1.74. The van der Waals surface area contributed by atoms with E-state index in [-0.39, 0.29) is 30.0 Å². The van der Waals surface area contributed by atoms with E-state index in [9.17, 15) is 18.8 Å². The number of rotatable bonds is 7. The number of benzene rings is 1. The number of carbonyl (C=O) groups excluding carboxylic acids is 3. The van der Waals surface area contributed by atoms with Gasteiger partial charge in [0.05, 0.1) is 12.5 Å². The molecule has 0 saturated carbocycles. The standard InChI is InChI=1S/C20H26FNO5/c1-3-26-20(25)16-10-12-22(13-11-16)19(24)14(2)27-18(23)9-6-15-4-7-17(21)8-5-15/h4-5,7-8,14,16H,3,6,9-13H2,1-2H3. The molecule has 1 aliphatic heterocycles. The third kappa shape index (κ3) is 6.34. The molecule has 1 aromatic carbocycles. The largest absolute Gasteiger partial charge is 0.466 e. The Morgan fingerprint density at radius 2 is 1.81 bits per heavy atom. The van der Waals surface area contributed by atoms with Gasteiger partial charge >= 0.3 is 11.9 Å². The van der Waals surface area contributed by atoms with Crippen molar-refractivity contribution < 1.29 is 28.2 Å². The van der Waals surface area contributed by atoms with E-state index in [1.54, 1.807) is 30.9 Å². The van der Waals surface area contributed by atoms with Crippen LogP contribution in [0.5, 0.6) is 0 Å². The molecule has 1 amide bonds. The molecule has 148 valence electrons. The molecule has 7 heteroatoms. The number of hydrogen-bond acceptors (Lipinski definition) is 5. The Morgan fingerprint density at radius 1 is 1.19 bits per heavy atom. The Morgan fingerprint density at radius 3 is 2.41 bits per heavy atom. The highest BCUT2D eigenvalue weighted by Gasteiger charge is 2.31. The van der Waals surface area contributed by atoms with Crippen LogP contribution in [0.25, 0.3) is 0 Å². The average molecular weight is 379 g/mol. The van der Waals surface area contributed by atoms with Gasteiger partial charge in [-0.3, -0.25) is 14.4 Å². The van der Waals surface area contributed by atoms with Crippen LogP contribution < -0.4 is 0 Å². The first-order valence-electron chi connectivity index (χ1n) is 9.30. The summed E-state index contributed by atoms with van der Waals surface area (Å²) in [6, 6.07) is 5.91. The van der Waals surface area contributed by atoms with Crippen molar-refractivity contribution in [1.82, 2.24) is 4.90 Å². The van der Waals surface area contributed by atoms with Gasteiger partial charge in [-0.25, -0.2) is 4.39 Å². The van der Waals surface area contributed by atoms with Crippen molar-refractivity contribution in [3.05, 3.63) is 35.6 Å². The Bertz CT molecular complexity index is 653. The van der Waals surface area contributed by atoms with Gasteiger partial charge in [0.15, 0.2) is 6.10 Å². The fourth-order valence-corrected chi connectivity index (χ4v) is 3.06. The number of nitrogens with zero attached hydrogens (tertiary/aromatic N) is 1. The maximum atomic E-state index is 12.9. The zero-order chi connectivity index (χ0) is 19.8. The second-order valence-corrected chi connectivity index (χ2v) is 6.61. The summed E-state index contributed by atoms with van der Waals surface area (Å²) in [5, 5.41) is 0. The van der Waals surface area contributed by atoms with Crippen molar-refractivity contribution in [2.45, 2.75) is 45.6 Å². The second kappa shape index (κ2) is 10.0. The second-order valence-electron chi connectivity index (χ2n) is 6.61. The fourth-order valence-electron chi connectivity index (χ4n) is 3.06. The Hall–Kier alpha value is -2.44. The van der Waals surface area contributed by atoms with Crippen molar-refractivity contribution in [2.75, 3.05) is 19.7 Å². The van der Waals surface area contributed by atoms with Crippen molar-refractivity contribution in [2.24, 2.45) is 5.92 Å². The minimum atomic E-state index is -0.870. The summed E-state index contributed by atoms with van der Waals surface area (Å²) in [5.74, 6) is -1.45. The van der Waals surface area contributed by atoms with E-state index in [1.807, 2.05) is 0 Å². The van der Waals surface area contributed by atoms with E-state index in [0.29, 0.717) is 39.0 Å². The molecule has 1 aliphatic rings. The Kier molecular flexibility index (Phi) is 7.76. The van der Waals surface area contributed by atoms with Crippen LogP contribution in [-0.4, -0.2) is 48.5 Å². The number of aryl methyl sites for hydroxylation is 1. The van der Waals surface area contributed by atoms with Crippen LogP contribution in [-0.2, 0) is 30.3 Å². The molecule has 1 unspecified atom stereocenters. The lowest BCUT2D eigenvalue weighted by Gasteiger charge is -2.32. The van der Waals surface area contributed by atoms with Gasteiger partial charge in [0, 0.05) is 19.5 Å². The highest BCUT2D eigenvalue weighted by atomic mass is 19.1. The summed E-state index contributed by atoms with van der Waals surface area (Å²) in [7, 11) is 0. The van der Waals surface area contributed by atoms with Gasteiger partial charge in [0.1, 0.15) is 5.82 Å². The molecule has 1 aromatic rings. The number of hydrogen-bond donors (Lipinski definition) is 0. The molecule has 0 aromatic heterocycles. The summed E-state index contributed by atoms with van der Waals surface area (Å²) in [6.45, 7) is 4.56. The average Bonchev–Trinajstić information content (AvgIpc) is 2.67. The predicted octanol–water partition coefficient (Wildman–Crippen LogP) is 2.49. The summed E-state index contributed by atoms with van der Waals surface area (Å²) in [5.41, 5.74) is 0.827. The summed E-state index contributed by atoms with van der Waals surface area (Å²) in [4.78, 5) is 37.8. The maximum Gasteiger partial charge on any atom is 0.309 e. The van der Waals surface area contributed by atoms with E-state index < -0.39 is 12.1 Å². The van der Waals surface area contributed by atoms with Crippen LogP contribution in [0, 0.1) is 11.7 Å². The summed E-state index contributed by atoms with van der Waals surface area (Å²) in [6.07, 6.45) is 0.773. The van der Waals surface area contributed by atoms with Gasteiger partial charge < -0.3 is 14.4 Å². The van der Waals surface area contributed by atoms with Gasteiger partial charge in [-0.05, 0) is 50.8 Å². The van der Waals surface area contributed by atoms with Crippen molar-refractivity contribution in [1.29, 1.82) is 0 Å². The zero-order valence-electron chi connectivity index (χ0n) is 15.8. The fraction of sp³-hybridized carbons (Fsp3) is 0.550. The molecule has 1 fully saturated rings. The lowest BCUT2D eigenvalue weighted by atomic mass is 9.97. The normalized spacial score (nSPS) is 15.9. The zero-order valence-corrected chi connectivity index (χ0v) is 15.8. The van der Waals surface area contributed by atoms with Crippen LogP contribution in [0.3, 0.4) is 0 Å². The van der Waals surface area contributed by atoms with E-state index in [0.717, 1.165) is 5.56 Å². The number of piperidine rings is 1. The molecule has 1 heterocycles. The number of halogens is 1. The lowest BCUT2D eigenvalue weighted by Crippen LogP contribution is -2.45. The number of amides is 1. The van der Waals surface area contributed by atoms with E-state index in [1.165, 1.54) is 12.1 Å². The number of ether oxygens (including phenoxy) is 2. The maximum absolute atomic E-state index is 12.9. The monoisotopic (exact) mass is 379 g/mol.